The minimum atomic E-state index is 0. The zero-order valence-corrected chi connectivity index (χ0v) is 16.5. The van der Waals surface area contributed by atoms with Gasteiger partial charge in [-0.05, 0) is 12.3 Å². The van der Waals surface area contributed by atoms with Crippen molar-refractivity contribution in [1.82, 2.24) is 0 Å². The van der Waals surface area contributed by atoms with Crippen molar-refractivity contribution in [2.45, 2.75) is 52.4 Å². The van der Waals surface area contributed by atoms with Crippen LogP contribution in [0.15, 0.2) is 36.5 Å². The number of aliphatic hydroxyl groups is 1. The molecule has 117 valence electrons. The van der Waals surface area contributed by atoms with E-state index in [1.54, 1.807) is 0 Å². The van der Waals surface area contributed by atoms with Gasteiger partial charge >= 0.3 is 26.2 Å². The number of allylic oxidation sites excluding steroid dienone is 8. The maximum absolute atomic E-state index is 8.75. The van der Waals surface area contributed by atoms with Gasteiger partial charge in [0.2, 0.25) is 0 Å². The first-order valence-electron chi connectivity index (χ1n) is 7.39. The van der Waals surface area contributed by atoms with Crippen LogP contribution in [-0.4, -0.2) is 11.7 Å². The number of unbranched alkanes of at least 4 members (excludes halogenated alkanes) is 1. The fourth-order valence-corrected chi connectivity index (χ4v) is 1.60. The van der Waals surface area contributed by atoms with Gasteiger partial charge in [-0.25, -0.2) is 24.3 Å². The van der Waals surface area contributed by atoms with E-state index < -0.39 is 0 Å². The van der Waals surface area contributed by atoms with Gasteiger partial charge in [0.1, 0.15) is 0 Å². The third-order valence-corrected chi connectivity index (χ3v) is 2.97. The molecule has 1 radical (unpaired) electrons. The van der Waals surface area contributed by atoms with Gasteiger partial charge in [0.05, 0.1) is 0 Å². The largest absolute Gasteiger partial charge is 3.00 e. The van der Waals surface area contributed by atoms with E-state index >= 15 is 0 Å². The van der Waals surface area contributed by atoms with Crippen molar-refractivity contribution < 1.29 is 43.7 Å². The number of halogens is 1. The smallest absolute Gasteiger partial charge is 1.00 e. The summed E-state index contributed by atoms with van der Waals surface area (Å²) in [4.78, 5) is 0. The van der Waals surface area contributed by atoms with E-state index in [9.17, 15) is 0 Å². The van der Waals surface area contributed by atoms with Crippen LogP contribution in [-0.2, 0) is 26.2 Å². The molecule has 0 aliphatic heterocycles. The summed E-state index contributed by atoms with van der Waals surface area (Å²) < 4.78 is 0. The van der Waals surface area contributed by atoms with Gasteiger partial charge in [0.15, 0.2) is 0 Å². The van der Waals surface area contributed by atoms with E-state index in [1.807, 2.05) is 24.3 Å². The Morgan fingerprint density at radius 2 is 1.57 bits per heavy atom. The van der Waals surface area contributed by atoms with Gasteiger partial charge in [-0.1, -0.05) is 33.1 Å². The molecule has 0 aromatic rings. The van der Waals surface area contributed by atoms with Crippen molar-refractivity contribution in [1.29, 1.82) is 0 Å². The summed E-state index contributed by atoms with van der Waals surface area (Å²) in [5.74, 6) is 0.560. The van der Waals surface area contributed by atoms with Crippen LogP contribution in [0.5, 0.6) is 0 Å². The molecular weight excluding hydrogens is 359 g/mol. The number of hydrogen-bond donors (Lipinski definition) is 1. The molecule has 0 aromatic carbocycles. The van der Waals surface area contributed by atoms with E-state index in [2.05, 4.69) is 38.2 Å². The molecule has 1 N–H and O–H groups in total. The molecule has 21 heavy (non-hydrogen) atoms. The Morgan fingerprint density at radius 3 is 1.76 bits per heavy atom. The molecule has 0 saturated heterocycles. The predicted molar refractivity (Wildman–Crippen MR) is 83.5 cm³/mol. The Morgan fingerprint density at radius 1 is 1.05 bits per heavy atom. The first-order valence-corrected chi connectivity index (χ1v) is 7.39. The zero-order chi connectivity index (χ0) is 14.2. The third-order valence-electron chi connectivity index (χ3n) is 2.97. The normalized spacial score (nSPS) is 14.2. The molecule has 2 aliphatic carbocycles. The van der Waals surface area contributed by atoms with Crippen molar-refractivity contribution in [3.63, 3.8) is 0 Å². The second-order valence-corrected chi connectivity index (χ2v) is 4.61. The predicted octanol–water partition coefficient (Wildman–Crippen LogP) is 1.81. The molecule has 2 aliphatic rings. The molecule has 0 aromatic heterocycles. The Hall–Kier alpha value is 0.0931. The Balaban J connectivity index is -0.000000232. The molecule has 1 nitrogen and oxygen atoms in total. The van der Waals surface area contributed by atoms with E-state index in [-0.39, 0.29) is 38.6 Å². The second-order valence-electron chi connectivity index (χ2n) is 4.61. The van der Waals surface area contributed by atoms with Crippen LogP contribution >= 0.6 is 0 Å². The third kappa shape index (κ3) is 20.1. The van der Waals surface area contributed by atoms with Crippen LogP contribution in [0.3, 0.4) is 0 Å². The standard InChI is InChI=1S/C8H18O.2C5H5.ClH.Zr/c1-3-5-6-8(4-2)7-9;2*1-2-4-5-3-1;;/h8-9H,3-7H2,1-2H3;2*1-3H,4H2;1H;/q;2*-1;;+3/p-1. The summed E-state index contributed by atoms with van der Waals surface area (Å²) >= 11 is 0. The SMILES string of the molecule is CCCCC(CC)CO.[C-]1=CC=CC1.[C-]1=CC=CC1.[Cl-].[Zr+3]. The second kappa shape index (κ2) is 22.4. The maximum atomic E-state index is 8.75. The van der Waals surface area contributed by atoms with Gasteiger partial charge in [0, 0.05) is 6.61 Å². The molecule has 3 heteroatoms. The van der Waals surface area contributed by atoms with Crippen LogP contribution < -0.4 is 12.4 Å². The molecular formula is C18H28ClOZr. The Bertz CT molecular complexity index is 250. The van der Waals surface area contributed by atoms with Crippen LogP contribution in [0.4, 0.5) is 0 Å². The van der Waals surface area contributed by atoms with Gasteiger partial charge < -0.3 is 17.5 Å². The van der Waals surface area contributed by atoms with Crippen molar-refractivity contribution in [3.8, 4) is 0 Å². The molecule has 1 atom stereocenters. The number of aliphatic hydroxyl groups excluding tert-OH is 1. The minimum absolute atomic E-state index is 0. The average Bonchev–Trinajstić information content (AvgIpc) is 3.18. The van der Waals surface area contributed by atoms with Crippen molar-refractivity contribution in [3.05, 3.63) is 48.6 Å². The van der Waals surface area contributed by atoms with E-state index in [0.29, 0.717) is 12.5 Å². The summed E-state index contributed by atoms with van der Waals surface area (Å²) in [6.45, 7) is 4.69. The molecule has 0 amide bonds. The molecule has 0 fully saturated rings. The topological polar surface area (TPSA) is 20.2 Å². The first-order chi connectivity index (χ1) is 9.35. The maximum Gasteiger partial charge on any atom is 3.00 e. The van der Waals surface area contributed by atoms with E-state index in [0.717, 1.165) is 19.3 Å². The number of rotatable bonds is 5. The Labute approximate surface area is 156 Å². The Kier molecular flexibility index (Phi) is 27.7. The van der Waals surface area contributed by atoms with Crippen LogP contribution in [0.1, 0.15) is 52.4 Å². The molecule has 0 saturated carbocycles. The van der Waals surface area contributed by atoms with Crippen LogP contribution in [0, 0.1) is 18.1 Å². The van der Waals surface area contributed by atoms with Gasteiger partial charge in [-0.15, -0.1) is 12.8 Å². The summed E-state index contributed by atoms with van der Waals surface area (Å²) in [6.07, 6.45) is 24.8. The monoisotopic (exact) mass is 385 g/mol. The fourth-order valence-electron chi connectivity index (χ4n) is 1.60. The number of hydrogen-bond acceptors (Lipinski definition) is 1. The fraction of sp³-hybridized carbons (Fsp3) is 0.556. The molecule has 0 heterocycles. The van der Waals surface area contributed by atoms with Gasteiger partial charge in [-0.3, -0.25) is 12.2 Å². The summed E-state index contributed by atoms with van der Waals surface area (Å²) in [7, 11) is 0. The first kappa shape index (κ1) is 26.0. The molecule has 0 bridgehead atoms. The van der Waals surface area contributed by atoms with Crippen molar-refractivity contribution in [2.24, 2.45) is 5.92 Å². The molecule has 0 spiro atoms. The van der Waals surface area contributed by atoms with Gasteiger partial charge in [-0.2, -0.15) is 12.2 Å². The zero-order valence-electron chi connectivity index (χ0n) is 13.3. The molecule has 1 unspecified atom stereocenters. The van der Waals surface area contributed by atoms with Crippen molar-refractivity contribution in [2.75, 3.05) is 6.61 Å². The van der Waals surface area contributed by atoms with Crippen LogP contribution in [0.25, 0.3) is 0 Å². The average molecular weight is 387 g/mol. The summed E-state index contributed by atoms with van der Waals surface area (Å²) in [6, 6.07) is 0. The van der Waals surface area contributed by atoms with E-state index in [1.165, 1.54) is 19.3 Å². The molecule has 2 rings (SSSR count). The van der Waals surface area contributed by atoms with Crippen LogP contribution in [0.2, 0.25) is 0 Å². The summed E-state index contributed by atoms with van der Waals surface area (Å²) in [5, 5.41) is 8.75. The summed E-state index contributed by atoms with van der Waals surface area (Å²) in [5.41, 5.74) is 0. The van der Waals surface area contributed by atoms with Crippen molar-refractivity contribution >= 4 is 0 Å². The van der Waals surface area contributed by atoms with E-state index in [4.69, 9.17) is 5.11 Å². The minimum Gasteiger partial charge on any atom is -1.00 e. The van der Waals surface area contributed by atoms with Gasteiger partial charge in [0.25, 0.3) is 0 Å². The quantitative estimate of drug-likeness (QED) is 0.714.